The van der Waals surface area contributed by atoms with Gasteiger partial charge in [0, 0.05) is 10.8 Å². The number of hydrogen-bond donors (Lipinski definition) is 1. The number of fused-ring (bicyclic) bond motifs is 2. The number of ether oxygens (including phenoxy) is 1. The zero-order valence-electron chi connectivity index (χ0n) is 13.6. The molecule has 2 saturated carbocycles. The minimum atomic E-state index is -1.72. The predicted molar refractivity (Wildman–Crippen MR) is 78.2 cm³/mol. The van der Waals surface area contributed by atoms with Crippen molar-refractivity contribution in [1.29, 1.82) is 0 Å². The third-order valence-corrected chi connectivity index (χ3v) is 6.04. The molecule has 3 rings (SSSR count). The molecule has 1 aliphatic heterocycles. The standard InChI is InChI=1S/C16H24N2O4/c1-14(2)9-5-6-15(3,8-9)12(14)22-13(21)16(4,17)18-10(19)7-11(18)20/h9,12H,5-8,17H2,1-4H3/t9?,12?,15?,16-/m1/s1. The molecule has 0 aromatic carbocycles. The van der Waals surface area contributed by atoms with Crippen LogP contribution in [0.3, 0.4) is 0 Å². The lowest BCUT2D eigenvalue weighted by Crippen LogP contribution is -2.69. The second-order valence-corrected chi connectivity index (χ2v) is 8.15. The van der Waals surface area contributed by atoms with Gasteiger partial charge in [-0.1, -0.05) is 20.8 Å². The van der Waals surface area contributed by atoms with E-state index in [0.717, 1.165) is 24.2 Å². The second-order valence-electron chi connectivity index (χ2n) is 8.15. The van der Waals surface area contributed by atoms with Crippen LogP contribution in [0.15, 0.2) is 0 Å². The van der Waals surface area contributed by atoms with Gasteiger partial charge in [-0.2, -0.15) is 0 Å². The summed E-state index contributed by atoms with van der Waals surface area (Å²) < 4.78 is 5.77. The third-order valence-electron chi connectivity index (χ3n) is 6.04. The average Bonchev–Trinajstić information content (AvgIpc) is 2.84. The maximum absolute atomic E-state index is 12.6. The number of amides is 2. The van der Waals surface area contributed by atoms with Crippen LogP contribution in [0, 0.1) is 16.7 Å². The quantitative estimate of drug-likeness (QED) is 0.480. The van der Waals surface area contributed by atoms with Gasteiger partial charge >= 0.3 is 5.97 Å². The van der Waals surface area contributed by atoms with Crippen molar-refractivity contribution in [2.45, 2.75) is 65.1 Å². The lowest BCUT2D eigenvalue weighted by Gasteiger charge is -2.45. The monoisotopic (exact) mass is 308 g/mol. The zero-order valence-corrected chi connectivity index (χ0v) is 13.6. The number of imide groups is 1. The third kappa shape index (κ3) is 1.86. The van der Waals surface area contributed by atoms with E-state index in [1.165, 1.54) is 6.92 Å². The Morgan fingerprint density at radius 1 is 1.32 bits per heavy atom. The number of nitrogens with two attached hydrogens (primary N) is 1. The van der Waals surface area contributed by atoms with E-state index in [2.05, 4.69) is 20.8 Å². The molecule has 6 heteroatoms. The van der Waals surface area contributed by atoms with Gasteiger partial charge in [-0.25, -0.2) is 4.79 Å². The summed E-state index contributed by atoms with van der Waals surface area (Å²) in [5, 5.41) is 0. The van der Waals surface area contributed by atoms with Gasteiger partial charge in [0.1, 0.15) is 12.5 Å². The fourth-order valence-electron chi connectivity index (χ4n) is 4.72. The van der Waals surface area contributed by atoms with Crippen molar-refractivity contribution >= 4 is 17.8 Å². The highest BCUT2D eigenvalue weighted by atomic mass is 16.6. The van der Waals surface area contributed by atoms with Crippen LogP contribution in [0.4, 0.5) is 0 Å². The molecular weight excluding hydrogens is 284 g/mol. The molecule has 0 spiro atoms. The van der Waals surface area contributed by atoms with Gasteiger partial charge in [0.25, 0.3) is 0 Å². The van der Waals surface area contributed by atoms with Gasteiger partial charge in [0.2, 0.25) is 11.8 Å². The fraction of sp³-hybridized carbons (Fsp3) is 0.812. The topological polar surface area (TPSA) is 89.7 Å². The molecule has 6 nitrogen and oxygen atoms in total. The number of esters is 1. The number of hydrogen-bond acceptors (Lipinski definition) is 5. The molecule has 4 atom stereocenters. The highest BCUT2D eigenvalue weighted by Crippen LogP contribution is 2.63. The van der Waals surface area contributed by atoms with Gasteiger partial charge in [-0.3, -0.25) is 20.2 Å². The fourth-order valence-corrected chi connectivity index (χ4v) is 4.72. The van der Waals surface area contributed by atoms with E-state index < -0.39 is 23.4 Å². The van der Waals surface area contributed by atoms with Crippen LogP contribution < -0.4 is 5.73 Å². The molecule has 3 aliphatic rings. The van der Waals surface area contributed by atoms with E-state index in [1.807, 2.05) is 0 Å². The summed E-state index contributed by atoms with van der Waals surface area (Å²) in [6.45, 7) is 7.75. The normalized spacial score (nSPS) is 38.7. The molecule has 2 bridgehead atoms. The minimum absolute atomic E-state index is 0.0388. The smallest absolute Gasteiger partial charge is 0.347 e. The summed E-state index contributed by atoms with van der Waals surface area (Å²) in [4.78, 5) is 36.5. The molecule has 22 heavy (non-hydrogen) atoms. The number of carbonyl (C=O) groups excluding carboxylic acids is 3. The SMILES string of the molecule is CC12CCC(C1)C(C)(C)C2OC(=O)[C@](C)(N)N1C(=O)CC1=O. The van der Waals surface area contributed by atoms with Crippen molar-refractivity contribution in [3.05, 3.63) is 0 Å². The zero-order chi connectivity index (χ0) is 16.5. The summed E-state index contributed by atoms with van der Waals surface area (Å²) in [6.07, 6.45) is 2.80. The van der Waals surface area contributed by atoms with Gasteiger partial charge in [-0.05, 0) is 32.1 Å². The molecule has 0 radical (unpaired) electrons. The van der Waals surface area contributed by atoms with Crippen LogP contribution in [-0.4, -0.2) is 34.5 Å². The Morgan fingerprint density at radius 2 is 1.91 bits per heavy atom. The maximum atomic E-state index is 12.6. The Morgan fingerprint density at radius 3 is 2.36 bits per heavy atom. The molecular formula is C16H24N2O4. The van der Waals surface area contributed by atoms with Crippen LogP contribution in [0.25, 0.3) is 0 Å². The largest absolute Gasteiger partial charge is 0.458 e. The van der Waals surface area contributed by atoms with Crippen molar-refractivity contribution in [2.75, 3.05) is 0 Å². The van der Waals surface area contributed by atoms with Crippen LogP contribution in [0.5, 0.6) is 0 Å². The lowest BCUT2D eigenvalue weighted by molar-refractivity contribution is -0.188. The highest BCUT2D eigenvalue weighted by molar-refractivity contribution is 6.17. The summed E-state index contributed by atoms with van der Waals surface area (Å²) in [5.41, 5.74) is 4.09. The molecule has 1 saturated heterocycles. The van der Waals surface area contributed by atoms with Gasteiger partial charge in [0.05, 0.1) is 0 Å². The van der Waals surface area contributed by atoms with Gasteiger partial charge < -0.3 is 4.74 Å². The molecule has 122 valence electrons. The first-order chi connectivity index (χ1) is 10.00. The molecule has 2 N–H and O–H groups in total. The minimum Gasteiger partial charge on any atom is -0.458 e. The van der Waals surface area contributed by atoms with Crippen molar-refractivity contribution in [2.24, 2.45) is 22.5 Å². The molecule has 1 heterocycles. The number of nitrogens with zero attached hydrogens (tertiary/aromatic N) is 1. The van der Waals surface area contributed by atoms with Crippen LogP contribution >= 0.6 is 0 Å². The molecule has 3 fully saturated rings. The van der Waals surface area contributed by atoms with Crippen LogP contribution in [0.2, 0.25) is 0 Å². The van der Waals surface area contributed by atoms with Crippen molar-refractivity contribution in [1.82, 2.24) is 4.90 Å². The van der Waals surface area contributed by atoms with E-state index in [4.69, 9.17) is 10.5 Å². The van der Waals surface area contributed by atoms with E-state index in [0.29, 0.717) is 5.92 Å². The molecule has 2 amide bonds. The Bertz CT molecular complexity index is 550. The first-order valence-electron chi connectivity index (χ1n) is 7.86. The summed E-state index contributed by atoms with van der Waals surface area (Å²) in [5.74, 6) is -1.01. The van der Waals surface area contributed by atoms with E-state index in [9.17, 15) is 14.4 Å². The highest BCUT2D eigenvalue weighted by Gasteiger charge is 2.62. The average molecular weight is 308 g/mol. The van der Waals surface area contributed by atoms with E-state index >= 15 is 0 Å². The maximum Gasteiger partial charge on any atom is 0.347 e. The molecule has 0 aromatic heterocycles. The van der Waals surface area contributed by atoms with Crippen molar-refractivity contribution in [3.8, 4) is 0 Å². The Balaban J connectivity index is 1.80. The number of β-lactam (4-membered cyclic amide) rings is 2. The molecule has 3 unspecified atom stereocenters. The second kappa shape index (κ2) is 4.31. The van der Waals surface area contributed by atoms with E-state index in [1.54, 1.807) is 0 Å². The Kier molecular flexibility index (Phi) is 3.03. The van der Waals surface area contributed by atoms with Crippen molar-refractivity contribution < 1.29 is 19.1 Å². The van der Waals surface area contributed by atoms with Gasteiger partial charge in [0.15, 0.2) is 5.66 Å². The Hall–Kier alpha value is -1.43. The number of rotatable bonds is 3. The lowest BCUT2D eigenvalue weighted by atomic mass is 9.70. The first-order valence-corrected chi connectivity index (χ1v) is 7.86. The number of likely N-dealkylation sites (tertiary alicyclic amines) is 1. The van der Waals surface area contributed by atoms with Crippen LogP contribution in [0.1, 0.15) is 53.4 Å². The summed E-state index contributed by atoms with van der Waals surface area (Å²) in [7, 11) is 0. The van der Waals surface area contributed by atoms with E-state index in [-0.39, 0.29) is 23.4 Å². The summed E-state index contributed by atoms with van der Waals surface area (Å²) in [6, 6.07) is 0. The molecule has 0 aromatic rings. The number of carbonyl (C=O) groups is 3. The predicted octanol–water partition coefficient (Wildman–Crippen LogP) is 1.18. The van der Waals surface area contributed by atoms with Gasteiger partial charge in [-0.15, -0.1) is 0 Å². The van der Waals surface area contributed by atoms with Crippen molar-refractivity contribution in [3.63, 3.8) is 0 Å². The Labute approximate surface area is 130 Å². The van der Waals surface area contributed by atoms with Crippen LogP contribution in [-0.2, 0) is 19.1 Å². The molecule has 2 aliphatic carbocycles. The first kappa shape index (κ1) is 15.5. The summed E-state index contributed by atoms with van der Waals surface area (Å²) >= 11 is 0.